The van der Waals surface area contributed by atoms with Crippen LogP contribution < -0.4 is 15.6 Å². The van der Waals surface area contributed by atoms with E-state index < -0.39 is 17.6 Å². The van der Waals surface area contributed by atoms with Crippen molar-refractivity contribution < 1.29 is 23.2 Å². The highest BCUT2D eigenvalue weighted by atomic mass is 35.5. The number of rotatable bonds is 5. The molecular weight excluding hydrogens is 413 g/mol. The van der Waals surface area contributed by atoms with Crippen LogP contribution in [0.15, 0.2) is 40.9 Å². The normalized spacial score (nSPS) is 10.6. The molecule has 0 saturated carbocycles. The molecule has 0 saturated heterocycles. The highest BCUT2D eigenvalue weighted by Crippen LogP contribution is 2.33. The van der Waals surface area contributed by atoms with Gasteiger partial charge in [0.05, 0.1) is 10.6 Å². The average Bonchev–Trinajstić information content (AvgIpc) is 3.07. The molecule has 0 aliphatic heterocycles. The molecule has 0 radical (unpaired) electrons. The Bertz CT molecular complexity index is 1090. The van der Waals surface area contributed by atoms with Gasteiger partial charge in [-0.25, -0.2) is 4.39 Å². The lowest BCUT2D eigenvalue weighted by Gasteiger charge is -2.11. The van der Waals surface area contributed by atoms with Gasteiger partial charge < -0.3 is 9.26 Å². The minimum atomic E-state index is -0.733. The van der Waals surface area contributed by atoms with Crippen molar-refractivity contribution in [3.05, 3.63) is 69.7 Å². The standard InChI is InChI=1S/C21H19ClFN3O4/c1-11-7-8-12(2)16(9-11)29-10-17(27)24-25-21(28)18-13(3)30-26-20(18)19-14(22)5-4-6-15(19)23/h4-9H,10H2,1-3H3,(H,24,27)(H,25,28). The number of nitrogens with one attached hydrogen (secondary N) is 2. The monoisotopic (exact) mass is 431 g/mol. The van der Waals surface area contributed by atoms with Crippen molar-refractivity contribution in [2.24, 2.45) is 0 Å². The lowest BCUT2D eigenvalue weighted by Crippen LogP contribution is -2.44. The molecule has 0 bridgehead atoms. The molecule has 1 aromatic heterocycles. The molecule has 0 unspecified atom stereocenters. The van der Waals surface area contributed by atoms with Gasteiger partial charge in [0.2, 0.25) is 0 Å². The summed E-state index contributed by atoms with van der Waals surface area (Å²) in [6.07, 6.45) is 0. The van der Waals surface area contributed by atoms with Crippen molar-refractivity contribution >= 4 is 23.4 Å². The number of halogens is 2. The van der Waals surface area contributed by atoms with E-state index in [2.05, 4.69) is 16.0 Å². The van der Waals surface area contributed by atoms with Gasteiger partial charge in [-0.3, -0.25) is 20.4 Å². The van der Waals surface area contributed by atoms with Crippen molar-refractivity contribution in [2.45, 2.75) is 20.8 Å². The third-order valence-electron chi connectivity index (χ3n) is 4.31. The summed E-state index contributed by atoms with van der Waals surface area (Å²) in [7, 11) is 0. The number of carbonyl (C=O) groups excluding carboxylic acids is 2. The molecule has 0 aliphatic carbocycles. The molecule has 156 valence electrons. The van der Waals surface area contributed by atoms with Gasteiger partial charge in [-0.05, 0) is 50.1 Å². The molecule has 1 heterocycles. The molecule has 7 nitrogen and oxygen atoms in total. The maximum absolute atomic E-state index is 14.2. The Morgan fingerprint density at radius 3 is 2.67 bits per heavy atom. The van der Waals surface area contributed by atoms with E-state index in [1.54, 1.807) is 0 Å². The zero-order valence-corrected chi connectivity index (χ0v) is 17.3. The Kier molecular flexibility index (Phi) is 6.37. The van der Waals surface area contributed by atoms with Crippen LogP contribution in [0.5, 0.6) is 5.75 Å². The Morgan fingerprint density at radius 2 is 1.93 bits per heavy atom. The van der Waals surface area contributed by atoms with E-state index in [-0.39, 0.29) is 34.2 Å². The van der Waals surface area contributed by atoms with Gasteiger partial charge in [0.1, 0.15) is 28.6 Å². The Balaban J connectivity index is 1.68. The van der Waals surface area contributed by atoms with Crippen LogP contribution in [0.1, 0.15) is 27.2 Å². The van der Waals surface area contributed by atoms with E-state index in [4.69, 9.17) is 20.9 Å². The molecular formula is C21H19ClFN3O4. The first-order valence-corrected chi connectivity index (χ1v) is 9.35. The smallest absolute Gasteiger partial charge is 0.276 e. The van der Waals surface area contributed by atoms with Gasteiger partial charge in [-0.1, -0.05) is 35.0 Å². The molecule has 0 atom stereocenters. The molecule has 0 aliphatic rings. The summed E-state index contributed by atoms with van der Waals surface area (Å²) in [5.41, 5.74) is 6.21. The number of aryl methyl sites for hydroxylation is 3. The average molecular weight is 432 g/mol. The molecule has 2 aromatic carbocycles. The van der Waals surface area contributed by atoms with Gasteiger partial charge in [0, 0.05) is 0 Å². The summed E-state index contributed by atoms with van der Waals surface area (Å²) < 4.78 is 24.8. The number of ether oxygens (including phenoxy) is 1. The Morgan fingerprint density at radius 1 is 1.17 bits per heavy atom. The summed E-state index contributed by atoms with van der Waals surface area (Å²) >= 11 is 6.06. The second-order valence-electron chi connectivity index (χ2n) is 6.62. The summed E-state index contributed by atoms with van der Waals surface area (Å²) in [4.78, 5) is 24.7. The first-order chi connectivity index (χ1) is 14.3. The molecule has 30 heavy (non-hydrogen) atoms. The summed E-state index contributed by atoms with van der Waals surface area (Å²) in [6.45, 7) is 4.95. The third-order valence-corrected chi connectivity index (χ3v) is 4.62. The van der Waals surface area contributed by atoms with E-state index >= 15 is 0 Å². The van der Waals surface area contributed by atoms with Crippen LogP contribution in [0.3, 0.4) is 0 Å². The number of hydrogen-bond donors (Lipinski definition) is 2. The SMILES string of the molecule is Cc1ccc(C)c(OCC(=O)NNC(=O)c2c(-c3c(F)cccc3Cl)noc2C)c1. The molecule has 0 fully saturated rings. The first-order valence-electron chi connectivity index (χ1n) is 8.97. The summed E-state index contributed by atoms with van der Waals surface area (Å²) in [6, 6.07) is 9.73. The summed E-state index contributed by atoms with van der Waals surface area (Å²) in [5.74, 6) is -1.26. The maximum atomic E-state index is 14.2. The van der Waals surface area contributed by atoms with Crippen molar-refractivity contribution in [2.75, 3.05) is 6.61 Å². The number of carbonyl (C=O) groups is 2. The Labute approximate surface area is 177 Å². The fraction of sp³-hybridized carbons (Fsp3) is 0.190. The van der Waals surface area contributed by atoms with Crippen LogP contribution in [0.4, 0.5) is 4.39 Å². The molecule has 3 rings (SSSR count). The zero-order chi connectivity index (χ0) is 21.8. The van der Waals surface area contributed by atoms with Crippen LogP contribution in [0.25, 0.3) is 11.3 Å². The zero-order valence-electron chi connectivity index (χ0n) is 16.5. The lowest BCUT2D eigenvalue weighted by molar-refractivity contribution is -0.123. The number of nitrogens with zero attached hydrogens (tertiary/aromatic N) is 1. The van der Waals surface area contributed by atoms with E-state index in [0.29, 0.717) is 5.75 Å². The van der Waals surface area contributed by atoms with Crippen molar-refractivity contribution in [1.82, 2.24) is 16.0 Å². The van der Waals surface area contributed by atoms with Gasteiger partial charge in [-0.2, -0.15) is 0 Å². The highest BCUT2D eigenvalue weighted by Gasteiger charge is 2.25. The minimum Gasteiger partial charge on any atom is -0.483 e. The largest absolute Gasteiger partial charge is 0.483 e. The van der Waals surface area contributed by atoms with Crippen LogP contribution >= 0.6 is 11.6 Å². The third kappa shape index (κ3) is 4.60. The minimum absolute atomic E-state index is 0.0438. The van der Waals surface area contributed by atoms with Gasteiger partial charge in [-0.15, -0.1) is 0 Å². The van der Waals surface area contributed by atoms with Crippen LogP contribution in [-0.4, -0.2) is 23.6 Å². The van der Waals surface area contributed by atoms with Crippen LogP contribution in [-0.2, 0) is 4.79 Å². The van der Waals surface area contributed by atoms with E-state index in [1.165, 1.54) is 25.1 Å². The van der Waals surface area contributed by atoms with E-state index in [0.717, 1.165) is 11.1 Å². The lowest BCUT2D eigenvalue weighted by atomic mass is 10.1. The predicted molar refractivity (Wildman–Crippen MR) is 109 cm³/mol. The molecule has 2 N–H and O–H groups in total. The predicted octanol–water partition coefficient (Wildman–Crippen LogP) is 3.90. The fourth-order valence-electron chi connectivity index (χ4n) is 2.77. The quantitative estimate of drug-likeness (QED) is 0.597. The van der Waals surface area contributed by atoms with Gasteiger partial charge in [0.15, 0.2) is 6.61 Å². The maximum Gasteiger partial charge on any atom is 0.276 e. The van der Waals surface area contributed by atoms with Crippen LogP contribution in [0.2, 0.25) is 5.02 Å². The first kappa shape index (κ1) is 21.3. The van der Waals surface area contributed by atoms with Gasteiger partial charge in [0.25, 0.3) is 11.8 Å². The fourth-order valence-corrected chi connectivity index (χ4v) is 3.02. The number of benzene rings is 2. The summed E-state index contributed by atoms with van der Waals surface area (Å²) in [5, 5.41) is 3.82. The highest BCUT2D eigenvalue weighted by molar-refractivity contribution is 6.33. The number of aromatic nitrogens is 1. The number of amides is 2. The second kappa shape index (κ2) is 8.96. The second-order valence-corrected chi connectivity index (χ2v) is 7.03. The van der Waals surface area contributed by atoms with Crippen LogP contribution in [0, 0.1) is 26.6 Å². The topological polar surface area (TPSA) is 93.5 Å². The molecule has 0 spiro atoms. The molecule has 2 amide bonds. The van der Waals surface area contributed by atoms with Crippen molar-refractivity contribution in [1.29, 1.82) is 0 Å². The molecule has 9 heteroatoms. The number of hydrogen-bond acceptors (Lipinski definition) is 5. The number of hydrazine groups is 1. The van der Waals surface area contributed by atoms with E-state index in [9.17, 15) is 14.0 Å². The van der Waals surface area contributed by atoms with E-state index in [1.807, 2.05) is 32.0 Å². The molecule has 3 aromatic rings. The Hall–Kier alpha value is -3.39. The van der Waals surface area contributed by atoms with Gasteiger partial charge >= 0.3 is 0 Å². The van der Waals surface area contributed by atoms with Crippen molar-refractivity contribution in [3.8, 4) is 17.0 Å². The van der Waals surface area contributed by atoms with Crippen molar-refractivity contribution in [3.63, 3.8) is 0 Å².